The first-order valence-corrected chi connectivity index (χ1v) is 3.63. The van der Waals surface area contributed by atoms with E-state index in [0.717, 1.165) is 0 Å². The molecule has 0 saturated carbocycles. The van der Waals surface area contributed by atoms with E-state index < -0.39 is 16.1 Å². The molecule has 5 heteroatoms. The molecule has 0 aromatic heterocycles. The predicted molar refractivity (Wildman–Crippen MR) is 24.5 cm³/mol. The fourth-order valence-corrected chi connectivity index (χ4v) is 1.30. The van der Waals surface area contributed by atoms with Crippen molar-refractivity contribution in [2.75, 3.05) is 5.75 Å². The van der Waals surface area contributed by atoms with E-state index in [1.807, 2.05) is 0 Å². The van der Waals surface area contributed by atoms with E-state index in [1.54, 1.807) is 0 Å². The van der Waals surface area contributed by atoms with Gasteiger partial charge < -0.3 is 4.18 Å². The standard InChI is InChI=1S/C3H4O4S/c4-3-1-2-8(5,6)7-3/h1-2H2. The minimum absolute atomic E-state index is 0.00231. The molecule has 1 aliphatic rings. The van der Waals surface area contributed by atoms with Crippen LogP contribution in [0, 0.1) is 0 Å². The lowest BCUT2D eigenvalue weighted by molar-refractivity contribution is -0.131. The Balaban J connectivity index is 2.86. The molecule has 0 unspecified atom stereocenters. The van der Waals surface area contributed by atoms with Crippen molar-refractivity contribution in [2.45, 2.75) is 6.42 Å². The van der Waals surface area contributed by atoms with Gasteiger partial charge in [-0.15, -0.1) is 0 Å². The monoisotopic (exact) mass is 136 g/mol. The number of hydrogen-bond acceptors (Lipinski definition) is 4. The molecule has 4 nitrogen and oxygen atoms in total. The van der Waals surface area contributed by atoms with E-state index in [1.165, 1.54) is 0 Å². The first kappa shape index (κ1) is 5.55. The molecule has 0 atom stereocenters. The van der Waals surface area contributed by atoms with Gasteiger partial charge in [-0.05, 0) is 0 Å². The summed E-state index contributed by atoms with van der Waals surface area (Å²) in [7, 11) is -3.45. The molecular weight excluding hydrogens is 132 g/mol. The fraction of sp³-hybridized carbons (Fsp3) is 0.667. The number of carbonyl (C=O) groups is 1. The van der Waals surface area contributed by atoms with Crippen LogP contribution in [0.2, 0.25) is 0 Å². The first-order valence-electron chi connectivity index (χ1n) is 2.05. The summed E-state index contributed by atoms with van der Waals surface area (Å²) in [4.78, 5) is 10.1. The number of rotatable bonds is 0. The largest absolute Gasteiger partial charge is 0.346 e. The maximum Gasteiger partial charge on any atom is 0.323 e. The van der Waals surface area contributed by atoms with Crippen molar-refractivity contribution in [3.8, 4) is 0 Å². The van der Waals surface area contributed by atoms with Crippen molar-refractivity contribution in [1.29, 1.82) is 0 Å². The normalized spacial score (nSPS) is 25.2. The van der Waals surface area contributed by atoms with Gasteiger partial charge in [0.1, 0.15) is 0 Å². The molecule has 0 aromatic rings. The van der Waals surface area contributed by atoms with Crippen molar-refractivity contribution >= 4 is 16.1 Å². The molecule has 0 amide bonds. The number of hydrogen-bond donors (Lipinski definition) is 0. The summed E-state index contributed by atoms with van der Waals surface area (Å²) < 4.78 is 24.3. The molecule has 0 N–H and O–H groups in total. The van der Waals surface area contributed by atoms with E-state index in [2.05, 4.69) is 4.18 Å². The van der Waals surface area contributed by atoms with Crippen LogP contribution in [-0.2, 0) is 19.1 Å². The van der Waals surface area contributed by atoms with Crippen LogP contribution in [0.15, 0.2) is 0 Å². The highest BCUT2D eigenvalue weighted by Crippen LogP contribution is 2.07. The summed E-state index contributed by atoms with van der Waals surface area (Å²) in [5.74, 6) is -0.809. The third-order valence-electron chi connectivity index (χ3n) is 0.776. The van der Waals surface area contributed by atoms with E-state index >= 15 is 0 Å². The van der Waals surface area contributed by atoms with E-state index in [-0.39, 0.29) is 12.2 Å². The number of carbonyl (C=O) groups excluding carboxylic acids is 1. The SMILES string of the molecule is O=C1CCS(=O)(=O)O1. The van der Waals surface area contributed by atoms with Crippen LogP contribution in [-0.4, -0.2) is 20.1 Å². The zero-order valence-corrected chi connectivity index (χ0v) is 4.77. The Morgan fingerprint density at radius 2 is 2.12 bits per heavy atom. The van der Waals surface area contributed by atoms with Crippen LogP contribution in [0.3, 0.4) is 0 Å². The molecule has 1 aliphatic heterocycles. The Labute approximate surface area is 46.6 Å². The predicted octanol–water partition coefficient (Wildman–Crippen LogP) is -0.737. The van der Waals surface area contributed by atoms with Gasteiger partial charge in [-0.3, -0.25) is 4.79 Å². The van der Waals surface area contributed by atoms with Gasteiger partial charge >= 0.3 is 16.1 Å². The van der Waals surface area contributed by atoms with Crippen LogP contribution < -0.4 is 0 Å². The summed E-state index contributed by atoms with van der Waals surface area (Å²) in [6.07, 6.45) is 0.00231. The van der Waals surface area contributed by atoms with Gasteiger partial charge in [0, 0.05) is 0 Å². The molecule has 46 valence electrons. The summed E-state index contributed by atoms with van der Waals surface area (Å²) in [6.45, 7) is 0. The molecule has 1 fully saturated rings. The molecule has 1 saturated heterocycles. The Morgan fingerprint density at radius 1 is 1.50 bits per heavy atom. The third kappa shape index (κ3) is 0.975. The minimum Gasteiger partial charge on any atom is -0.346 e. The Morgan fingerprint density at radius 3 is 2.25 bits per heavy atom. The van der Waals surface area contributed by atoms with Gasteiger partial charge in [0.15, 0.2) is 0 Å². The Kier molecular flexibility index (Phi) is 1.00. The second-order valence-electron chi connectivity index (χ2n) is 1.47. The quantitative estimate of drug-likeness (QED) is 0.411. The van der Waals surface area contributed by atoms with Crippen molar-refractivity contribution in [3.63, 3.8) is 0 Å². The van der Waals surface area contributed by atoms with Crippen LogP contribution in [0.1, 0.15) is 6.42 Å². The first-order chi connectivity index (χ1) is 3.60. The lowest BCUT2D eigenvalue weighted by atomic mass is 10.5. The lowest BCUT2D eigenvalue weighted by Crippen LogP contribution is -1.99. The van der Waals surface area contributed by atoms with Crippen LogP contribution in [0.25, 0.3) is 0 Å². The van der Waals surface area contributed by atoms with Gasteiger partial charge in [0.2, 0.25) is 0 Å². The van der Waals surface area contributed by atoms with Gasteiger partial charge in [-0.1, -0.05) is 0 Å². The minimum atomic E-state index is -3.45. The van der Waals surface area contributed by atoms with Crippen molar-refractivity contribution < 1.29 is 17.4 Å². The molecule has 0 aromatic carbocycles. The summed E-state index contributed by atoms with van der Waals surface area (Å²) in [5, 5.41) is 0. The second-order valence-corrected chi connectivity index (χ2v) is 3.16. The summed E-state index contributed by atoms with van der Waals surface area (Å²) >= 11 is 0. The zero-order chi connectivity index (χ0) is 6.20. The van der Waals surface area contributed by atoms with Gasteiger partial charge in [0.25, 0.3) is 0 Å². The summed E-state index contributed by atoms with van der Waals surface area (Å²) in [6, 6.07) is 0. The van der Waals surface area contributed by atoms with E-state index in [0.29, 0.717) is 0 Å². The zero-order valence-electron chi connectivity index (χ0n) is 3.96. The molecule has 0 spiro atoms. The maximum absolute atomic E-state index is 10.2. The highest BCUT2D eigenvalue weighted by atomic mass is 32.2. The fourth-order valence-electron chi connectivity index (χ4n) is 0.433. The maximum atomic E-state index is 10.2. The van der Waals surface area contributed by atoms with Crippen molar-refractivity contribution in [3.05, 3.63) is 0 Å². The summed E-state index contributed by atoms with van der Waals surface area (Å²) in [5.41, 5.74) is 0. The average molecular weight is 136 g/mol. The van der Waals surface area contributed by atoms with Crippen LogP contribution in [0.4, 0.5) is 0 Å². The van der Waals surface area contributed by atoms with E-state index in [4.69, 9.17) is 0 Å². The van der Waals surface area contributed by atoms with Crippen LogP contribution in [0.5, 0.6) is 0 Å². The highest BCUT2D eigenvalue weighted by molar-refractivity contribution is 7.87. The molecule has 8 heavy (non-hydrogen) atoms. The van der Waals surface area contributed by atoms with Crippen LogP contribution >= 0.6 is 0 Å². The smallest absolute Gasteiger partial charge is 0.323 e. The van der Waals surface area contributed by atoms with Crippen molar-refractivity contribution in [2.24, 2.45) is 0 Å². The van der Waals surface area contributed by atoms with E-state index in [9.17, 15) is 13.2 Å². The Hall–Kier alpha value is -0.580. The van der Waals surface area contributed by atoms with Crippen molar-refractivity contribution in [1.82, 2.24) is 0 Å². The average Bonchev–Trinajstić information content (AvgIpc) is 1.82. The molecule has 1 heterocycles. The molecule has 0 radical (unpaired) electrons. The van der Waals surface area contributed by atoms with Gasteiger partial charge in [-0.2, -0.15) is 8.42 Å². The molecule has 0 aliphatic carbocycles. The molecule has 0 bridgehead atoms. The molecular formula is C3H4O4S. The Bertz CT molecular complexity index is 201. The van der Waals surface area contributed by atoms with Gasteiger partial charge in [-0.25, -0.2) is 0 Å². The second kappa shape index (κ2) is 1.45. The van der Waals surface area contributed by atoms with Gasteiger partial charge in [0.05, 0.1) is 12.2 Å². The topological polar surface area (TPSA) is 60.4 Å². The molecule has 1 rings (SSSR count). The third-order valence-corrected chi connectivity index (χ3v) is 1.92. The highest BCUT2D eigenvalue weighted by Gasteiger charge is 2.26. The lowest BCUT2D eigenvalue weighted by Gasteiger charge is -1.85.